The summed E-state index contributed by atoms with van der Waals surface area (Å²) in [5.41, 5.74) is 4.12. The van der Waals surface area contributed by atoms with Crippen LogP contribution in [0.3, 0.4) is 0 Å². The summed E-state index contributed by atoms with van der Waals surface area (Å²) < 4.78 is 24.8. The molecule has 198 valence electrons. The first-order valence-electron chi connectivity index (χ1n) is 12.8. The van der Waals surface area contributed by atoms with E-state index >= 15 is 0 Å². The molecular formula is C32H30N2O5. The molecule has 39 heavy (non-hydrogen) atoms. The van der Waals surface area contributed by atoms with Crippen molar-refractivity contribution in [1.29, 1.82) is 0 Å². The van der Waals surface area contributed by atoms with Crippen molar-refractivity contribution in [3.63, 3.8) is 0 Å². The molecule has 0 unspecified atom stereocenters. The van der Waals surface area contributed by atoms with E-state index in [1.165, 1.54) is 12.7 Å². The van der Waals surface area contributed by atoms with Crippen molar-refractivity contribution < 1.29 is 23.7 Å². The second-order valence-corrected chi connectivity index (χ2v) is 9.02. The van der Waals surface area contributed by atoms with Gasteiger partial charge in [0, 0.05) is 47.7 Å². The third-order valence-corrected chi connectivity index (χ3v) is 6.25. The minimum Gasteiger partial charge on any atom is -0.490 e. The quantitative estimate of drug-likeness (QED) is 0.152. The number of hydrogen-bond acceptors (Lipinski definition) is 6. The van der Waals surface area contributed by atoms with Gasteiger partial charge in [-0.2, -0.15) is 0 Å². The summed E-state index contributed by atoms with van der Waals surface area (Å²) in [5.74, 6) is 1.86. The Balaban J connectivity index is 1.21. The fraction of sp³-hybridized carbons (Fsp3) is 0.188. The topological polar surface area (TPSA) is 71.8 Å². The third-order valence-electron chi connectivity index (χ3n) is 6.25. The molecule has 0 bridgehead atoms. The highest BCUT2D eigenvalue weighted by atomic mass is 16.5. The number of nitrogens with zero attached hydrogens (tertiary/aromatic N) is 2. The molecule has 0 atom stereocenters. The minimum absolute atomic E-state index is 0.195. The highest BCUT2D eigenvalue weighted by molar-refractivity contribution is 5.89. The Morgan fingerprint density at radius 3 is 2.28 bits per heavy atom. The number of carbonyl (C=O) groups excluding carboxylic acids is 1. The van der Waals surface area contributed by atoms with E-state index in [1.807, 2.05) is 79.0 Å². The fourth-order valence-corrected chi connectivity index (χ4v) is 4.34. The number of carbonyl (C=O) groups is 1. The van der Waals surface area contributed by atoms with Crippen LogP contribution in [-0.2, 0) is 29.1 Å². The lowest BCUT2D eigenvalue weighted by Gasteiger charge is -2.11. The van der Waals surface area contributed by atoms with Gasteiger partial charge in [-0.15, -0.1) is 0 Å². The normalized spacial score (nSPS) is 10.8. The maximum atomic E-state index is 12.1. The number of benzene rings is 3. The van der Waals surface area contributed by atoms with Crippen LogP contribution in [0.4, 0.5) is 0 Å². The van der Waals surface area contributed by atoms with Crippen molar-refractivity contribution in [2.45, 2.75) is 19.6 Å². The number of fused-ring (bicyclic) bond motifs is 1. The summed E-state index contributed by atoms with van der Waals surface area (Å²) in [4.78, 5) is 16.2. The standard InChI is InChI=1S/C32H30N2O5/c1-36-32(35)17-26-22-34(21-24-7-3-2-4-8-24)31-13-12-29(19-30(26)31)38-16-15-37-27-10-5-11-28(18-27)39-23-25-9-6-14-33-20-25/h2-14,18-20,22H,15-17,21,23H2,1H3. The van der Waals surface area contributed by atoms with Crippen LogP contribution in [0.15, 0.2) is 104 Å². The summed E-state index contributed by atoms with van der Waals surface area (Å²) in [6.07, 6.45) is 5.73. The van der Waals surface area contributed by atoms with Crippen LogP contribution in [0.5, 0.6) is 17.2 Å². The maximum absolute atomic E-state index is 12.1. The van der Waals surface area contributed by atoms with Gasteiger partial charge in [0.2, 0.25) is 0 Å². The molecule has 2 heterocycles. The monoisotopic (exact) mass is 522 g/mol. The van der Waals surface area contributed by atoms with Gasteiger partial charge in [-0.1, -0.05) is 42.5 Å². The largest absolute Gasteiger partial charge is 0.490 e. The van der Waals surface area contributed by atoms with Crippen molar-refractivity contribution in [3.8, 4) is 17.2 Å². The molecule has 3 aromatic carbocycles. The van der Waals surface area contributed by atoms with Gasteiger partial charge in [-0.05, 0) is 47.5 Å². The van der Waals surface area contributed by atoms with Gasteiger partial charge in [-0.25, -0.2) is 0 Å². The first-order valence-corrected chi connectivity index (χ1v) is 12.8. The van der Waals surface area contributed by atoms with Crippen LogP contribution < -0.4 is 14.2 Å². The molecule has 5 rings (SSSR count). The maximum Gasteiger partial charge on any atom is 0.310 e. The number of methoxy groups -OCH3 is 1. The van der Waals surface area contributed by atoms with Crippen LogP contribution in [0.1, 0.15) is 16.7 Å². The van der Waals surface area contributed by atoms with E-state index in [0.717, 1.165) is 27.8 Å². The van der Waals surface area contributed by atoms with Crippen molar-refractivity contribution in [3.05, 3.63) is 120 Å². The van der Waals surface area contributed by atoms with Crippen molar-refractivity contribution in [2.24, 2.45) is 0 Å². The van der Waals surface area contributed by atoms with E-state index in [2.05, 4.69) is 21.7 Å². The molecule has 0 amide bonds. The molecule has 0 N–H and O–H groups in total. The molecule has 0 aliphatic carbocycles. The Bertz CT molecular complexity index is 1520. The van der Waals surface area contributed by atoms with Crippen LogP contribution >= 0.6 is 0 Å². The zero-order valence-electron chi connectivity index (χ0n) is 21.8. The second-order valence-electron chi connectivity index (χ2n) is 9.02. The van der Waals surface area contributed by atoms with Gasteiger partial charge < -0.3 is 23.5 Å². The number of hydrogen-bond donors (Lipinski definition) is 0. The van der Waals surface area contributed by atoms with Gasteiger partial charge in [0.15, 0.2) is 0 Å². The van der Waals surface area contributed by atoms with Crippen LogP contribution in [0, 0.1) is 0 Å². The van der Waals surface area contributed by atoms with Crippen molar-refractivity contribution in [2.75, 3.05) is 20.3 Å². The second kappa shape index (κ2) is 12.6. The molecule has 0 aliphatic rings. The number of esters is 1. The smallest absolute Gasteiger partial charge is 0.310 e. The highest BCUT2D eigenvalue weighted by Crippen LogP contribution is 2.28. The van der Waals surface area contributed by atoms with Gasteiger partial charge in [0.05, 0.1) is 13.5 Å². The number of aromatic nitrogens is 2. The zero-order chi connectivity index (χ0) is 26.9. The van der Waals surface area contributed by atoms with E-state index in [-0.39, 0.29) is 12.4 Å². The number of rotatable bonds is 12. The molecule has 0 spiro atoms. The zero-order valence-corrected chi connectivity index (χ0v) is 21.8. The summed E-state index contributed by atoms with van der Waals surface area (Å²) >= 11 is 0. The summed E-state index contributed by atoms with van der Waals surface area (Å²) in [5, 5.41) is 0.966. The Labute approximate surface area is 227 Å². The van der Waals surface area contributed by atoms with Crippen LogP contribution in [-0.4, -0.2) is 35.8 Å². The first-order chi connectivity index (χ1) is 19.2. The molecule has 2 aromatic heterocycles. The third kappa shape index (κ3) is 6.96. The molecule has 5 aromatic rings. The summed E-state index contributed by atoms with van der Waals surface area (Å²) in [6.45, 7) is 1.88. The van der Waals surface area contributed by atoms with Crippen molar-refractivity contribution in [1.82, 2.24) is 9.55 Å². The van der Waals surface area contributed by atoms with Gasteiger partial charge >= 0.3 is 5.97 Å². The van der Waals surface area contributed by atoms with Gasteiger partial charge in [0.1, 0.15) is 37.1 Å². The number of ether oxygens (including phenoxy) is 4. The molecule has 0 aliphatic heterocycles. The van der Waals surface area contributed by atoms with E-state index in [0.29, 0.717) is 37.9 Å². The van der Waals surface area contributed by atoms with E-state index in [4.69, 9.17) is 18.9 Å². The van der Waals surface area contributed by atoms with E-state index in [9.17, 15) is 4.79 Å². The predicted octanol–water partition coefficient (Wildman–Crippen LogP) is 5.84. The molecular weight excluding hydrogens is 492 g/mol. The van der Waals surface area contributed by atoms with E-state index in [1.54, 1.807) is 12.4 Å². The van der Waals surface area contributed by atoms with Gasteiger partial charge in [0.25, 0.3) is 0 Å². The number of pyridine rings is 1. The lowest BCUT2D eigenvalue weighted by molar-refractivity contribution is -0.139. The molecule has 0 saturated heterocycles. The van der Waals surface area contributed by atoms with Crippen molar-refractivity contribution >= 4 is 16.9 Å². The lowest BCUT2D eigenvalue weighted by atomic mass is 10.1. The lowest BCUT2D eigenvalue weighted by Crippen LogP contribution is -2.09. The fourth-order valence-electron chi connectivity index (χ4n) is 4.34. The van der Waals surface area contributed by atoms with Crippen LogP contribution in [0.2, 0.25) is 0 Å². The molecule has 0 saturated carbocycles. The molecule has 7 nitrogen and oxygen atoms in total. The Hall–Kier alpha value is -4.78. The Morgan fingerprint density at radius 2 is 1.54 bits per heavy atom. The average molecular weight is 523 g/mol. The Kier molecular flexibility index (Phi) is 8.38. The van der Waals surface area contributed by atoms with Gasteiger partial charge in [-0.3, -0.25) is 9.78 Å². The molecule has 0 fully saturated rings. The molecule has 0 radical (unpaired) electrons. The Morgan fingerprint density at radius 1 is 0.795 bits per heavy atom. The molecule has 7 heteroatoms. The summed E-state index contributed by atoms with van der Waals surface area (Å²) in [7, 11) is 1.41. The van der Waals surface area contributed by atoms with Crippen LogP contribution in [0.25, 0.3) is 10.9 Å². The SMILES string of the molecule is COC(=O)Cc1cn(Cc2ccccc2)c2ccc(OCCOc3cccc(OCc4cccnc4)c3)cc12. The first kappa shape index (κ1) is 25.9. The minimum atomic E-state index is -0.278. The highest BCUT2D eigenvalue weighted by Gasteiger charge is 2.14. The average Bonchev–Trinajstić information content (AvgIpc) is 3.31. The van der Waals surface area contributed by atoms with E-state index < -0.39 is 0 Å². The summed E-state index contributed by atoms with van der Waals surface area (Å²) in [6, 6.07) is 27.6. The predicted molar refractivity (Wildman–Crippen MR) is 149 cm³/mol.